The van der Waals surface area contributed by atoms with Crippen molar-refractivity contribution in [1.29, 1.82) is 10.5 Å². The molecule has 0 saturated heterocycles. The average Bonchev–Trinajstić information content (AvgIpc) is 3.68. The van der Waals surface area contributed by atoms with Crippen LogP contribution in [0.1, 0.15) is 65.1 Å². The Kier molecular flexibility index (Phi) is 6.62. The molecule has 0 saturated carbocycles. The summed E-state index contributed by atoms with van der Waals surface area (Å²) in [7, 11) is 0. The quantitative estimate of drug-likeness (QED) is 0.195. The van der Waals surface area contributed by atoms with E-state index in [0.29, 0.717) is 17.0 Å². The van der Waals surface area contributed by atoms with Gasteiger partial charge in [-0.25, -0.2) is 0 Å². The van der Waals surface area contributed by atoms with Crippen LogP contribution in [0.4, 0.5) is 0 Å². The first-order valence-electron chi connectivity index (χ1n) is 16.7. The fourth-order valence-corrected chi connectivity index (χ4v) is 8.02. The van der Waals surface area contributed by atoms with Crippen LogP contribution in [0.3, 0.4) is 0 Å². The number of hydrogen-bond donors (Lipinski definition) is 0. The van der Waals surface area contributed by atoms with Crippen molar-refractivity contribution < 1.29 is 0 Å². The summed E-state index contributed by atoms with van der Waals surface area (Å²) in [6, 6.07) is 44.5. The molecule has 2 aliphatic rings. The van der Waals surface area contributed by atoms with Crippen LogP contribution in [-0.2, 0) is 0 Å². The van der Waals surface area contributed by atoms with Gasteiger partial charge in [-0.05, 0) is 78.6 Å². The van der Waals surface area contributed by atoms with Crippen LogP contribution in [0, 0.1) is 34.8 Å². The molecule has 7 aromatic rings. The Morgan fingerprint density at radius 1 is 0.816 bits per heavy atom. The number of nitriles is 2. The van der Waals surface area contributed by atoms with Gasteiger partial charge in [0.2, 0.25) is 0 Å². The van der Waals surface area contributed by atoms with Gasteiger partial charge in [-0.3, -0.25) is 0 Å². The van der Waals surface area contributed by atoms with Crippen molar-refractivity contribution in [3.05, 3.63) is 167 Å². The van der Waals surface area contributed by atoms with E-state index in [1.807, 2.05) is 30.3 Å². The minimum absolute atomic E-state index is 0.0109. The van der Waals surface area contributed by atoms with Crippen molar-refractivity contribution >= 4 is 44.4 Å². The minimum Gasteiger partial charge on any atom is -0.312 e. The van der Waals surface area contributed by atoms with Crippen molar-refractivity contribution in [2.75, 3.05) is 0 Å². The lowest BCUT2D eigenvalue weighted by molar-refractivity contribution is 0.723. The predicted octanol–water partition coefficient (Wildman–Crippen LogP) is 10.7. The van der Waals surface area contributed by atoms with Gasteiger partial charge in [0.25, 0.3) is 0 Å². The molecular weight excluding hydrogens is 597 g/mol. The fraction of sp³-hybridized carbons (Fsp3) is 0.111. The molecule has 0 amide bonds. The van der Waals surface area contributed by atoms with Crippen molar-refractivity contribution in [1.82, 2.24) is 9.13 Å². The highest BCUT2D eigenvalue weighted by atomic mass is 15.0. The summed E-state index contributed by atoms with van der Waals surface area (Å²) in [6.07, 6.45) is 12.7. The van der Waals surface area contributed by atoms with E-state index in [0.717, 1.165) is 62.7 Å². The molecule has 2 unspecified atom stereocenters. The molecule has 0 N–H and O–H groups in total. The summed E-state index contributed by atoms with van der Waals surface area (Å²) < 4.78 is 4.65. The zero-order chi connectivity index (χ0) is 33.1. The molecule has 0 aliphatic heterocycles. The molecule has 9 rings (SSSR count). The van der Waals surface area contributed by atoms with Crippen LogP contribution in [0.15, 0.2) is 121 Å². The summed E-state index contributed by atoms with van der Waals surface area (Å²) in [6.45, 7) is 2.29. The van der Waals surface area contributed by atoms with Crippen LogP contribution in [-0.4, -0.2) is 9.13 Å². The van der Waals surface area contributed by atoms with Gasteiger partial charge in [0.15, 0.2) is 0 Å². The predicted molar refractivity (Wildman–Crippen MR) is 198 cm³/mol. The lowest BCUT2D eigenvalue weighted by Crippen LogP contribution is -2.11. The largest absolute Gasteiger partial charge is 0.312 e. The number of hydrogen-bond acceptors (Lipinski definition) is 2. The van der Waals surface area contributed by atoms with Gasteiger partial charge < -0.3 is 9.13 Å². The highest BCUT2D eigenvalue weighted by Crippen LogP contribution is 2.43. The molecule has 5 aromatic carbocycles. The molecule has 2 aliphatic carbocycles. The van der Waals surface area contributed by atoms with Gasteiger partial charge in [0.05, 0.1) is 50.9 Å². The smallest absolute Gasteiger partial charge is 0.0994 e. The summed E-state index contributed by atoms with van der Waals surface area (Å²) in [5.74, 6) is 0.319. The molecule has 230 valence electrons. The summed E-state index contributed by atoms with van der Waals surface area (Å²) in [5, 5.41) is 23.7. The molecule has 49 heavy (non-hydrogen) atoms. The number of aromatic nitrogens is 2. The molecule has 2 heterocycles. The molecule has 0 spiro atoms. The van der Waals surface area contributed by atoms with E-state index in [1.54, 1.807) is 0 Å². The van der Waals surface area contributed by atoms with E-state index in [2.05, 4.69) is 137 Å². The van der Waals surface area contributed by atoms with Crippen molar-refractivity contribution in [2.24, 2.45) is 0 Å². The molecule has 2 atom stereocenters. The van der Waals surface area contributed by atoms with Crippen LogP contribution in [0.5, 0.6) is 0 Å². The third-order valence-electron chi connectivity index (χ3n) is 10.2. The maximum absolute atomic E-state index is 10.3. The van der Waals surface area contributed by atoms with Crippen LogP contribution in [0.2, 0.25) is 0 Å². The zero-order valence-electron chi connectivity index (χ0n) is 27.0. The van der Waals surface area contributed by atoms with Crippen LogP contribution in [0.25, 0.3) is 55.7 Å². The van der Waals surface area contributed by atoms with E-state index in [1.165, 1.54) is 22.2 Å². The number of rotatable bonds is 4. The molecule has 0 radical (unpaired) electrons. The minimum atomic E-state index is -0.0109. The first-order chi connectivity index (χ1) is 24.1. The normalized spacial score (nSPS) is 16.7. The van der Waals surface area contributed by atoms with Crippen molar-refractivity contribution in [3.8, 4) is 23.5 Å². The second-order valence-corrected chi connectivity index (χ2v) is 13.0. The second kappa shape index (κ2) is 11.3. The molecule has 0 bridgehead atoms. The molecule has 4 nitrogen and oxygen atoms in total. The lowest BCUT2D eigenvalue weighted by atomic mass is 9.83. The van der Waals surface area contributed by atoms with Gasteiger partial charge in [0, 0.05) is 45.1 Å². The standard InChI is InChI=1S/C45H30N4/c1-29-10-8-16-39-38-15-4-7-19-43(38)49(45(29)39)44-24-30(27-46)20-23-35(44)31-11-9-12-32(25-31)40-26-34(22-21-33(40)28-47)48-41-17-5-2-13-36(41)37-14-3-6-18-42(37)48/h2,4-9,11-13,15-24,26,29,32H,10,25H2,1H3. The van der Waals surface area contributed by atoms with E-state index in [-0.39, 0.29) is 5.92 Å². The number of allylic oxidation sites excluding steroid dienone is 5. The highest BCUT2D eigenvalue weighted by molar-refractivity contribution is 6.08. The summed E-state index contributed by atoms with van der Waals surface area (Å²) >= 11 is 0. The Hall–Kier alpha value is -6.54. The van der Waals surface area contributed by atoms with Crippen molar-refractivity contribution in [2.45, 2.75) is 31.6 Å². The fourth-order valence-electron chi connectivity index (χ4n) is 8.02. The Morgan fingerprint density at radius 3 is 2.47 bits per heavy atom. The third kappa shape index (κ3) is 4.45. The first-order valence-corrected chi connectivity index (χ1v) is 16.7. The van der Waals surface area contributed by atoms with Gasteiger partial charge in [-0.2, -0.15) is 10.5 Å². The molecule has 0 fully saturated rings. The molecular formula is C45H30N4. The van der Waals surface area contributed by atoms with E-state index in [9.17, 15) is 10.5 Å². The van der Waals surface area contributed by atoms with Gasteiger partial charge >= 0.3 is 0 Å². The number of para-hydroxylation sites is 2. The van der Waals surface area contributed by atoms with E-state index in [4.69, 9.17) is 0 Å². The van der Waals surface area contributed by atoms with E-state index < -0.39 is 0 Å². The van der Waals surface area contributed by atoms with Gasteiger partial charge in [0.1, 0.15) is 0 Å². The average molecular weight is 627 g/mol. The number of nitrogens with zero attached hydrogens (tertiary/aromatic N) is 4. The van der Waals surface area contributed by atoms with E-state index >= 15 is 0 Å². The van der Waals surface area contributed by atoms with Crippen LogP contribution < -0.4 is 0 Å². The Balaban J connectivity index is 1.18. The number of fused-ring (bicyclic) bond motifs is 6. The number of benzene rings is 4. The first kappa shape index (κ1) is 28.7. The summed E-state index contributed by atoms with van der Waals surface area (Å²) in [4.78, 5) is 0. The molecule has 2 aromatic heterocycles. The Morgan fingerprint density at radius 2 is 1.63 bits per heavy atom. The van der Waals surface area contributed by atoms with Crippen LogP contribution >= 0.6 is 0 Å². The third-order valence-corrected chi connectivity index (χ3v) is 10.2. The maximum atomic E-state index is 10.3. The van der Waals surface area contributed by atoms with Gasteiger partial charge in [-0.1, -0.05) is 91.9 Å². The summed E-state index contributed by atoms with van der Waals surface area (Å²) in [5.41, 5.74) is 12.4. The lowest BCUT2D eigenvalue weighted by Gasteiger charge is -2.25. The van der Waals surface area contributed by atoms with Gasteiger partial charge in [-0.15, -0.1) is 0 Å². The Labute approximate surface area is 285 Å². The highest BCUT2D eigenvalue weighted by Gasteiger charge is 2.27. The second-order valence-electron chi connectivity index (χ2n) is 13.0. The SMILES string of the molecule is CC1CC=Cc2c1n(-c1cc(C#N)ccc1C1=CC=CC(c3cc(-n4c5ccc#cc5c5ccccc54)ccc3C#N)C1)c1ccccc21. The monoisotopic (exact) mass is 626 g/mol. The Bertz CT molecular complexity index is 2610. The molecule has 4 heteroatoms. The van der Waals surface area contributed by atoms with Crippen molar-refractivity contribution in [3.63, 3.8) is 0 Å². The topological polar surface area (TPSA) is 57.4 Å². The maximum Gasteiger partial charge on any atom is 0.0994 e. The zero-order valence-corrected chi connectivity index (χ0v) is 27.0.